The summed E-state index contributed by atoms with van der Waals surface area (Å²) in [6.07, 6.45) is 2.36. The van der Waals surface area contributed by atoms with Crippen LogP contribution in [-0.2, 0) is 18.5 Å². The predicted octanol–water partition coefficient (Wildman–Crippen LogP) is 3.17. The van der Waals surface area contributed by atoms with E-state index in [9.17, 15) is 9.59 Å². The van der Waals surface area contributed by atoms with E-state index in [-0.39, 0.29) is 17.0 Å². The molecule has 2 rings (SSSR count). The molecule has 0 aliphatic rings. The first-order valence-corrected chi connectivity index (χ1v) is 8.30. The molecule has 134 valence electrons. The largest absolute Gasteiger partial charge is 0.478 e. The maximum atomic E-state index is 12.8. The molecule has 0 radical (unpaired) electrons. The molecule has 0 saturated carbocycles. The standard InChI is InChI=1S/C19H25N3O3/c1-6-16-15(11-20-22(16)19(2,3)4)17(23)21(5)12-13-7-9-14(10-8-13)18(24)25/h7-11H,6,12H2,1-5H3,(H,24,25). The minimum absolute atomic E-state index is 0.0883. The van der Waals surface area contributed by atoms with Crippen molar-refractivity contribution in [2.24, 2.45) is 0 Å². The number of carbonyl (C=O) groups excluding carboxylic acids is 1. The van der Waals surface area contributed by atoms with Crippen LogP contribution in [0.3, 0.4) is 0 Å². The Kier molecular flexibility index (Phi) is 5.30. The molecular formula is C19H25N3O3. The second kappa shape index (κ2) is 7.09. The Hall–Kier alpha value is -2.63. The summed E-state index contributed by atoms with van der Waals surface area (Å²) in [5, 5.41) is 13.4. The summed E-state index contributed by atoms with van der Waals surface area (Å²) in [5.74, 6) is -1.05. The van der Waals surface area contributed by atoms with E-state index in [1.165, 1.54) is 0 Å². The lowest BCUT2D eigenvalue weighted by molar-refractivity contribution is 0.0695. The molecule has 1 aromatic heterocycles. The average Bonchev–Trinajstić information content (AvgIpc) is 2.98. The minimum Gasteiger partial charge on any atom is -0.478 e. The molecule has 1 amide bonds. The van der Waals surface area contributed by atoms with E-state index in [0.717, 1.165) is 17.7 Å². The Morgan fingerprint density at radius 3 is 2.28 bits per heavy atom. The minimum atomic E-state index is -0.960. The molecule has 6 heteroatoms. The number of carboxylic acids is 1. The van der Waals surface area contributed by atoms with Gasteiger partial charge in [0, 0.05) is 13.6 Å². The van der Waals surface area contributed by atoms with Crippen LogP contribution in [0.5, 0.6) is 0 Å². The van der Waals surface area contributed by atoms with Gasteiger partial charge in [-0.1, -0.05) is 19.1 Å². The second-order valence-electron chi connectivity index (χ2n) is 7.10. The van der Waals surface area contributed by atoms with Crippen molar-refractivity contribution in [3.05, 3.63) is 52.8 Å². The van der Waals surface area contributed by atoms with E-state index in [0.29, 0.717) is 12.1 Å². The molecule has 0 aliphatic carbocycles. The van der Waals surface area contributed by atoms with Gasteiger partial charge in [0.25, 0.3) is 5.91 Å². The number of hydrogen-bond donors (Lipinski definition) is 1. The molecule has 1 heterocycles. The number of carboxylic acid groups (broad SMARTS) is 1. The SMILES string of the molecule is CCc1c(C(=O)N(C)Cc2ccc(C(=O)O)cc2)cnn1C(C)(C)C. The smallest absolute Gasteiger partial charge is 0.335 e. The van der Waals surface area contributed by atoms with Gasteiger partial charge in [0.15, 0.2) is 0 Å². The third-order valence-corrected chi connectivity index (χ3v) is 4.04. The van der Waals surface area contributed by atoms with Gasteiger partial charge in [0.05, 0.1) is 28.6 Å². The van der Waals surface area contributed by atoms with Crippen molar-refractivity contribution < 1.29 is 14.7 Å². The number of hydrogen-bond acceptors (Lipinski definition) is 3. The van der Waals surface area contributed by atoms with Crippen LogP contribution in [0, 0.1) is 0 Å². The zero-order valence-corrected chi connectivity index (χ0v) is 15.4. The van der Waals surface area contributed by atoms with Gasteiger partial charge in [-0.3, -0.25) is 9.48 Å². The summed E-state index contributed by atoms with van der Waals surface area (Å²) in [4.78, 5) is 25.4. The van der Waals surface area contributed by atoms with Gasteiger partial charge in [-0.05, 0) is 44.9 Å². The molecule has 2 aromatic rings. The number of carbonyl (C=O) groups is 2. The van der Waals surface area contributed by atoms with Gasteiger partial charge < -0.3 is 10.0 Å². The van der Waals surface area contributed by atoms with E-state index in [1.807, 2.05) is 11.6 Å². The Balaban J connectivity index is 2.20. The fraction of sp³-hybridized carbons (Fsp3) is 0.421. The highest BCUT2D eigenvalue weighted by atomic mass is 16.4. The Morgan fingerprint density at radius 1 is 1.20 bits per heavy atom. The number of amides is 1. The van der Waals surface area contributed by atoms with Gasteiger partial charge in [-0.2, -0.15) is 5.10 Å². The normalized spacial score (nSPS) is 11.4. The first kappa shape index (κ1) is 18.7. The third kappa shape index (κ3) is 4.07. The molecule has 0 unspecified atom stereocenters. The summed E-state index contributed by atoms with van der Waals surface area (Å²) in [5.41, 5.74) is 2.46. The van der Waals surface area contributed by atoms with Gasteiger partial charge in [0.1, 0.15) is 0 Å². The summed E-state index contributed by atoms with van der Waals surface area (Å²) < 4.78 is 1.90. The van der Waals surface area contributed by atoms with Crippen molar-refractivity contribution >= 4 is 11.9 Å². The van der Waals surface area contributed by atoms with Crippen LogP contribution >= 0.6 is 0 Å². The van der Waals surface area contributed by atoms with Gasteiger partial charge in [-0.15, -0.1) is 0 Å². The van der Waals surface area contributed by atoms with Crippen molar-refractivity contribution in [2.45, 2.75) is 46.2 Å². The fourth-order valence-corrected chi connectivity index (χ4v) is 2.77. The van der Waals surface area contributed by atoms with E-state index in [2.05, 4.69) is 25.9 Å². The Bertz CT molecular complexity index is 770. The van der Waals surface area contributed by atoms with Crippen LogP contribution in [0.15, 0.2) is 30.5 Å². The first-order chi connectivity index (χ1) is 11.6. The van der Waals surface area contributed by atoms with Crippen LogP contribution in [0.1, 0.15) is 59.7 Å². The highest BCUT2D eigenvalue weighted by Crippen LogP contribution is 2.21. The number of benzene rings is 1. The maximum Gasteiger partial charge on any atom is 0.335 e. The topological polar surface area (TPSA) is 75.4 Å². The lowest BCUT2D eigenvalue weighted by Gasteiger charge is -2.23. The molecule has 25 heavy (non-hydrogen) atoms. The third-order valence-electron chi connectivity index (χ3n) is 4.04. The van der Waals surface area contributed by atoms with E-state index >= 15 is 0 Å². The fourth-order valence-electron chi connectivity index (χ4n) is 2.77. The Labute approximate surface area is 148 Å². The zero-order chi connectivity index (χ0) is 18.8. The van der Waals surface area contributed by atoms with E-state index in [4.69, 9.17) is 5.11 Å². The molecule has 6 nitrogen and oxygen atoms in total. The van der Waals surface area contributed by atoms with E-state index in [1.54, 1.807) is 42.4 Å². The number of aromatic carboxylic acids is 1. The first-order valence-electron chi connectivity index (χ1n) is 8.30. The lowest BCUT2D eigenvalue weighted by atomic mass is 10.1. The summed E-state index contributed by atoms with van der Waals surface area (Å²) in [6, 6.07) is 6.55. The molecule has 0 fully saturated rings. The molecule has 1 N–H and O–H groups in total. The lowest BCUT2D eigenvalue weighted by Crippen LogP contribution is -2.29. The maximum absolute atomic E-state index is 12.8. The molecule has 0 atom stereocenters. The summed E-state index contributed by atoms with van der Waals surface area (Å²) in [6.45, 7) is 8.59. The van der Waals surface area contributed by atoms with Gasteiger partial charge in [-0.25, -0.2) is 4.79 Å². The number of aromatic nitrogens is 2. The second-order valence-corrected chi connectivity index (χ2v) is 7.10. The van der Waals surface area contributed by atoms with Crippen molar-refractivity contribution in [3.8, 4) is 0 Å². The quantitative estimate of drug-likeness (QED) is 0.905. The zero-order valence-electron chi connectivity index (χ0n) is 15.4. The van der Waals surface area contributed by atoms with Crippen LogP contribution in [0.25, 0.3) is 0 Å². The molecule has 1 aromatic carbocycles. The van der Waals surface area contributed by atoms with Crippen molar-refractivity contribution in [2.75, 3.05) is 7.05 Å². The van der Waals surface area contributed by atoms with Gasteiger partial charge >= 0.3 is 5.97 Å². The highest BCUT2D eigenvalue weighted by molar-refractivity contribution is 5.95. The van der Waals surface area contributed by atoms with Crippen molar-refractivity contribution in [1.29, 1.82) is 0 Å². The van der Waals surface area contributed by atoms with Crippen molar-refractivity contribution in [1.82, 2.24) is 14.7 Å². The molecule has 0 spiro atoms. The van der Waals surface area contributed by atoms with Crippen LogP contribution in [0.4, 0.5) is 0 Å². The molecular weight excluding hydrogens is 318 g/mol. The predicted molar refractivity (Wildman–Crippen MR) is 95.8 cm³/mol. The summed E-state index contributed by atoms with van der Waals surface area (Å²) in [7, 11) is 1.74. The van der Waals surface area contributed by atoms with E-state index < -0.39 is 5.97 Å². The molecule has 0 saturated heterocycles. The highest BCUT2D eigenvalue weighted by Gasteiger charge is 2.24. The number of rotatable bonds is 5. The van der Waals surface area contributed by atoms with Crippen molar-refractivity contribution in [3.63, 3.8) is 0 Å². The monoisotopic (exact) mass is 343 g/mol. The van der Waals surface area contributed by atoms with Gasteiger partial charge in [0.2, 0.25) is 0 Å². The van der Waals surface area contributed by atoms with Crippen LogP contribution < -0.4 is 0 Å². The Morgan fingerprint density at radius 2 is 1.80 bits per heavy atom. The molecule has 0 aliphatic heterocycles. The van der Waals surface area contributed by atoms with Crippen LogP contribution in [0.2, 0.25) is 0 Å². The average molecular weight is 343 g/mol. The summed E-state index contributed by atoms with van der Waals surface area (Å²) >= 11 is 0. The number of nitrogens with zero attached hydrogens (tertiary/aromatic N) is 3. The van der Waals surface area contributed by atoms with Crippen LogP contribution in [-0.4, -0.2) is 38.7 Å². The molecule has 0 bridgehead atoms.